The lowest BCUT2D eigenvalue weighted by Gasteiger charge is -2.14. The maximum atomic E-state index is 11.7. The summed E-state index contributed by atoms with van der Waals surface area (Å²) < 4.78 is 0. The van der Waals surface area contributed by atoms with Crippen molar-refractivity contribution in [3.05, 3.63) is 34.9 Å². The Morgan fingerprint density at radius 1 is 1.32 bits per heavy atom. The number of hydrogen-bond acceptors (Lipinski definition) is 3. The number of halogens is 1. The molecule has 0 fully saturated rings. The summed E-state index contributed by atoms with van der Waals surface area (Å²) in [5, 5.41) is 11.2. The number of carbonyl (C=O) groups excluding carboxylic acids is 2. The fourth-order valence-corrected chi connectivity index (χ4v) is 1.54. The SMILES string of the molecule is CN(CC(=O)O)C(=O)CNC(=O)c1ccccc1Cl. The van der Waals surface area contributed by atoms with E-state index in [9.17, 15) is 14.4 Å². The van der Waals surface area contributed by atoms with E-state index in [0.717, 1.165) is 4.90 Å². The van der Waals surface area contributed by atoms with Crippen LogP contribution in [0, 0.1) is 0 Å². The molecule has 0 aliphatic rings. The third-order valence-corrected chi connectivity index (χ3v) is 2.65. The summed E-state index contributed by atoms with van der Waals surface area (Å²) in [4.78, 5) is 34.7. The second-order valence-electron chi connectivity index (χ2n) is 3.81. The highest BCUT2D eigenvalue weighted by atomic mass is 35.5. The van der Waals surface area contributed by atoms with Crippen molar-refractivity contribution < 1.29 is 19.5 Å². The van der Waals surface area contributed by atoms with Crippen LogP contribution < -0.4 is 5.32 Å². The smallest absolute Gasteiger partial charge is 0.323 e. The van der Waals surface area contributed by atoms with Gasteiger partial charge in [0.1, 0.15) is 6.54 Å². The predicted molar refractivity (Wildman–Crippen MR) is 69.1 cm³/mol. The number of carboxylic acid groups (broad SMARTS) is 1. The van der Waals surface area contributed by atoms with Crippen molar-refractivity contribution in [3.8, 4) is 0 Å². The molecule has 0 atom stereocenters. The molecule has 0 saturated heterocycles. The Labute approximate surface area is 115 Å². The number of benzene rings is 1. The number of hydrogen-bond donors (Lipinski definition) is 2. The first kappa shape index (κ1) is 15.0. The first-order chi connectivity index (χ1) is 8.91. The van der Waals surface area contributed by atoms with Crippen LogP contribution in [-0.2, 0) is 9.59 Å². The summed E-state index contributed by atoms with van der Waals surface area (Å²) in [6, 6.07) is 6.43. The number of nitrogens with zero attached hydrogens (tertiary/aromatic N) is 1. The molecule has 1 aromatic rings. The van der Waals surface area contributed by atoms with E-state index >= 15 is 0 Å². The lowest BCUT2D eigenvalue weighted by atomic mass is 10.2. The monoisotopic (exact) mass is 284 g/mol. The average Bonchev–Trinajstić information content (AvgIpc) is 2.35. The van der Waals surface area contributed by atoms with Crippen LogP contribution in [0.1, 0.15) is 10.4 Å². The minimum Gasteiger partial charge on any atom is -0.480 e. The number of carboxylic acids is 1. The molecule has 0 unspecified atom stereocenters. The first-order valence-corrected chi connectivity index (χ1v) is 5.78. The second-order valence-corrected chi connectivity index (χ2v) is 4.21. The number of carbonyl (C=O) groups is 3. The van der Waals surface area contributed by atoms with Crippen molar-refractivity contribution in [3.63, 3.8) is 0 Å². The van der Waals surface area contributed by atoms with Crippen molar-refractivity contribution >= 4 is 29.4 Å². The Kier molecular flexibility index (Phi) is 5.32. The Bertz CT molecular complexity index is 504. The van der Waals surface area contributed by atoms with Crippen molar-refractivity contribution in [2.45, 2.75) is 0 Å². The van der Waals surface area contributed by atoms with Crippen LogP contribution in [-0.4, -0.2) is 47.9 Å². The molecule has 1 rings (SSSR count). The molecular formula is C12H13ClN2O4. The molecular weight excluding hydrogens is 272 g/mol. The van der Waals surface area contributed by atoms with Crippen LogP contribution in [0.15, 0.2) is 24.3 Å². The molecule has 0 aromatic heterocycles. The largest absolute Gasteiger partial charge is 0.480 e. The second kappa shape index (κ2) is 6.75. The van der Waals surface area contributed by atoms with Gasteiger partial charge in [-0.3, -0.25) is 14.4 Å². The van der Waals surface area contributed by atoms with Crippen LogP contribution in [0.3, 0.4) is 0 Å². The van der Waals surface area contributed by atoms with Gasteiger partial charge in [0.2, 0.25) is 5.91 Å². The Morgan fingerprint density at radius 3 is 2.53 bits per heavy atom. The zero-order chi connectivity index (χ0) is 14.4. The summed E-state index contributed by atoms with van der Waals surface area (Å²) in [6.45, 7) is -0.700. The quantitative estimate of drug-likeness (QED) is 0.829. The maximum Gasteiger partial charge on any atom is 0.323 e. The molecule has 1 aromatic carbocycles. The van der Waals surface area contributed by atoms with E-state index in [1.165, 1.54) is 13.1 Å². The van der Waals surface area contributed by atoms with Crippen LogP contribution in [0.4, 0.5) is 0 Å². The summed E-state index contributed by atoms with van der Waals surface area (Å²) in [6.07, 6.45) is 0. The van der Waals surface area contributed by atoms with Crippen LogP contribution in [0.2, 0.25) is 5.02 Å². The van der Waals surface area contributed by atoms with Crippen LogP contribution >= 0.6 is 11.6 Å². The van der Waals surface area contributed by atoms with Crippen molar-refractivity contribution in [1.29, 1.82) is 0 Å². The third kappa shape index (κ3) is 4.59. The van der Waals surface area contributed by atoms with E-state index in [-0.39, 0.29) is 17.1 Å². The van der Waals surface area contributed by atoms with Gasteiger partial charge in [-0.1, -0.05) is 23.7 Å². The van der Waals surface area contributed by atoms with Gasteiger partial charge in [-0.25, -0.2) is 0 Å². The predicted octanol–water partition coefficient (Wildman–Crippen LogP) is 0.613. The molecule has 0 aliphatic carbocycles. The molecule has 0 saturated carbocycles. The molecule has 0 heterocycles. The standard InChI is InChI=1S/C12H13ClN2O4/c1-15(7-11(17)18)10(16)6-14-12(19)8-4-2-3-5-9(8)13/h2-5H,6-7H2,1H3,(H,14,19)(H,17,18). The van der Waals surface area contributed by atoms with E-state index in [4.69, 9.17) is 16.7 Å². The molecule has 19 heavy (non-hydrogen) atoms. The normalized spacial score (nSPS) is 9.79. The number of amides is 2. The summed E-state index contributed by atoms with van der Waals surface area (Å²) in [5.41, 5.74) is 0.262. The highest BCUT2D eigenvalue weighted by Gasteiger charge is 2.14. The van der Waals surface area contributed by atoms with E-state index < -0.39 is 24.3 Å². The molecule has 102 valence electrons. The van der Waals surface area contributed by atoms with Gasteiger partial charge < -0.3 is 15.3 Å². The maximum absolute atomic E-state index is 11.7. The number of rotatable bonds is 5. The van der Waals surface area contributed by atoms with Crippen molar-refractivity contribution in [2.24, 2.45) is 0 Å². The van der Waals surface area contributed by atoms with Crippen molar-refractivity contribution in [2.75, 3.05) is 20.1 Å². The molecule has 6 nitrogen and oxygen atoms in total. The minimum absolute atomic E-state index is 0.262. The number of aliphatic carboxylic acids is 1. The lowest BCUT2D eigenvalue weighted by Crippen LogP contribution is -2.40. The van der Waals surface area contributed by atoms with Gasteiger partial charge >= 0.3 is 5.97 Å². The molecule has 0 bridgehead atoms. The zero-order valence-electron chi connectivity index (χ0n) is 10.2. The highest BCUT2D eigenvalue weighted by molar-refractivity contribution is 6.33. The molecule has 0 aliphatic heterocycles. The Balaban J connectivity index is 2.53. The van der Waals surface area contributed by atoms with E-state index in [0.29, 0.717) is 0 Å². The van der Waals surface area contributed by atoms with Gasteiger partial charge in [-0.05, 0) is 12.1 Å². The number of nitrogens with one attached hydrogen (secondary N) is 1. The van der Waals surface area contributed by atoms with Gasteiger partial charge in [-0.2, -0.15) is 0 Å². The summed E-state index contributed by atoms with van der Waals surface area (Å²) in [5.74, 6) is -2.10. The third-order valence-electron chi connectivity index (χ3n) is 2.32. The zero-order valence-corrected chi connectivity index (χ0v) is 11.0. The van der Waals surface area contributed by atoms with Gasteiger partial charge in [0.05, 0.1) is 17.1 Å². The van der Waals surface area contributed by atoms with Crippen LogP contribution in [0.5, 0.6) is 0 Å². The minimum atomic E-state index is -1.12. The van der Waals surface area contributed by atoms with E-state index in [2.05, 4.69) is 5.32 Å². The van der Waals surface area contributed by atoms with Crippen LogP contribution in [0.25, 0.3) is 0 Å². The molecule has 0 radical (unpaired) electrons. The molecule has 7 heteroatoms. The van der Waals surface area contributed by atoms with Crippen molar-refractivity contribution in [1.82, 2.24) is 10.2 Å². The molecule has 2 amide bonds. The first-order valence-electron chi connectivity index (χ1n) is 5.40. The van der Waals surface area contributed by atoms with E-state index in [1.54, 1.807) is 18.2 Å². The Morgan fingerprint density at radius 2 is 1.95 bits per heavy atom. The lowest BCUT2D eigenvalue weighted by molar-refractivity contribution is -0.143. The molecule has 0 spiro atoms. The van der Waals surface area contributed by atoms with Gasteiger partial charge in [0.25, 0.3) is 5.91 Å². The Hall–Kier alpha value is -2.08. The highest BCUT2D eigenvalue weighted by Crippen LogP contribution is 2.14. The average molecular weight is 285 g/mol. The van der Waals surface area contributed by atoms with E-state index in [1.807, 2.05) is 0 Å². The summed E-state index contributed by atoms with van der Waals surface area (Å²) >= 11 is 5.83. The number of likely N-dealkylation sites (N-methyl/N-ethyl adjacent to an activating group) is 1. The summed E-state index contributed by atoms with van der Waals surface area (Å²) in [7, 11) is 1.35. The fourth-order valence-electron chi connectivity index (χ4n) is 1.32. The fraction of sp³-hybridized carbons (Fsp3) is 0.250. The van der Waals surface area contributed by atoms with Gasteiger partial charge in [-0.15, -0.1) is 0 Å². The molecule has 2 N–H and O–H groups in total. The topological polar surface area (TPSA) is 86.7 Å². The van der Waals surface area contributed by atoms with Gasteiger partial charge in [0.15, 0.2) is 0 Å². The van der Waals surface area contributed by atoms with Gasteiger partial charge in [0, 0.05) is 7.05 Å².